The molecule has 9 heteroatoms. The van der Waals surface area contributed by atoms with Gasteiger partial charge in [-0.25, -0.2) is 0 Å². The van der Waals surface area contributed by atoms with E-state index < -0.39 is 29.6 Å². The molecule has 2 aromatic rings. The van der Waals surface area contributed by atoms with E-state index in [9.17, 15) is 14.4 Å². The zero-order valence-corrected chi connectivity index (χ0v) is 23.0. The van der Waals surface area contributed by atoms with Gasteiger partial charge in [0.15, 0.2) is 0 Å². The Morgan fingerprint density at radius 2 is 1.82 bits per heavy atom. The van der Waals surface area contributed by atoms with Gasteiger partial charge in [0.1, 0.15) is 11.6 Å². The van der Waals surface area contributed by atoms with Crippen molar-refractivity contribution in [1.29, 1.82) is 0 Å². The van der Waals surface area contributed by atoms with Crippen LogP contribution < -0.4 is 10.6 Å². The largest absolute Gasteiger partial charge is 0.359 e. The number of fused-ring (bicyclic) bond motifs is 1. The molecule has 5 atom stereocenters. The minimum Gasteiger partial charge on any atom is -0.359 e. The van der Waals surface area contributed by atoms with E-state index in [0.717, 1.165) is 31.2 Å². The fraction of sp³-hybridized carbons (Fsp3) is 0.433. The normalized spacial score (nSPS) is 29.5. The Morgan fingerprint density at radius 3 is 2.59 bits per heavy atom. The van der Waals surface area contributed by atoms with E-state index in [1.807, 2.05) is 36.4 Å². The third-order valence-electron chi connectivity index (χ3n) is 8.55. The highest BCUT2D eigenvalue weighted by molar-refractivity contribution is 6.31. The van der Waals surface area contributed by atoms with E-state index in [1.165, 1.54) is 6.42 Å². The van der Waals surface area contributed by atoms with Crippen molar-refractivity contribution in [2.75, 3.05) is 11.9 Å². The standard InChI is InChI=1S/C30H31Cl2N3O4/c31-19-8-6-11-21(17-19)34-27(36)24-23-13-15-30(39-23)25(24)29(38)35(16-14-18-7-4-5-12-22(18)32)26(30)28(37)33-20-9-2-1-3-10-20/h4-8,11-13,15,17,20,23-26H,1-3,9-10,14,16H2,(H,33,37)(H,34,36)/t23-,24+,25-,26+,30-/m0/s1. The number of hydrogen-bond donors (Lipinski definition) is 2. The summed E-state index contributed by atoms with van der Waals surface area (Å²) in [4.78, 5) is 43.2. The molecule has 7 nitrogen and oxygen atoms in total. The summed E-state index contributed by atoms with van der Waals surface area (Å²) in [5.41, 5.74) is 0.238. The molecular formula is C30H31Cl2N3O4. The Kier molecular flexibility index (Phi) is 7.16. The van der Waals surface area contributed by atoms with Gasteiger partial charge in [-0.1, -0.05) is 78.9 Å². The smallest absolute Gasteiger partial charge is 0.246 e. The van der Waals surface area contributed by atoms with Crippen molar-refractivity contribution < 1.29 is 19.1 Å². The van der Waals surface area contributed by atoms with Crippen LogP contribution in [0, 0.1) is 11.8 Å². The Labute approximate surface area is 237 Å². The van der Waals surface area contributed by atoms with Crippen LogP contribution in [-0.2, 0) is 25.5 Å². The molecular weight excluding hydrogens is 537 g/mol. The molecule has 1 aliphatic carbocycles. The minimum atomic E-state index is -1.20. The molecule has 6 rings (SSSR count). The second-order valence-electron chi connectivity index (χ2n) is 10.9. The van der Waals surface area contributed by atoms with Gasteiger partial charge in [-0.05, 0) is 49.1 Å². The number of benzene rings is 2. The number of nitrogens with zero attached hydrogens (tertiary/aromatic N) is 1. The van der Waals surface area contributed by atoms with Gasteiger partial charge in [0.25, 0.3) is 0 Å². The molecule has 3 fully saturated rings. The number of nitrogens with one attached hydrogen (secondary N) is 2. The van der Waals surface area contributed by atoms with Gasteiger partial charge < -0.3 is 20.3 Å². The third-order valence-corrected chi connectivity index (χ3v) is 9.15. The predicted molar refractivity (Wildman–Crippen MR) is 149 cm³/mol. The summed E-state index contributed by atoms with van der Waals surface area (Å²) in [5.74, 6) is -2.37. The van der Waals surface area contributed by atoms with E-state index in [1.54, 1.807) is 29.2 Å². The average Bonchev–Trinajstić information content (AvgIpc) is 3.56. The van der Waals surface area contributed by atoms with E-state index in [2.05, 4.69) is 10.6 Å². The molecule has 2 aromatic carbocycles. The van der Waals surface area contributed by atoms with Crippen molar-refractivity contribution in [3.63, 3.8) is 0 Å². The average molecular weight is 569 g/mol. The highest BCUT2D eigenvalue weighted by atomic mass is 35.5. The van der Waals surface area contributed by atoms with Crippen molar-refractivity contribution in [1.82, 2.24) is 10.2 Å². The molecule has 2 N–H and O–H groups in total. The molecule has 1 saturated carbocycles. The predicted octanol–water partition coefficient (Wildman–Crippen LogP) is 4.77. The molecule has 3 heterocycles. The summed E-state index contributed by atoms with van der Waals surface area (Å²) in [6.07, 6.45) is 8.71. The minimum absolute atomic E-state index is 0.0757. The second-order valence-corrected chi connectivity index (χ2v) is 11.8. The molecule has 0 radical (unpaired) electrons. The van der Waals surface area contributed by atoms with Gasteiger partial charge >= 0.3 is 0 Å². The molecule has 2 bridgehead atoms. The van der Waals surface area contributed by atoms with Crippen molar-refractivity contribution in [3.05, 3.63) is 76.3 Å². The number of ether oxygens (including phenoxy) is 1. The van der Waals surface area contributed by atoms with Crippen molar-refractivity contribution >= 4 is 46.6 Å². The first-order valence-electron chi connectivity index (χ1n) is 13.7. The number of anilines is 1. The first-order chi connectivity index (χ1) is 18.9. The monoisotopic (exact) mass is 567 g/mol. The molecule has 2 saturated heterocycles. The lowest BCUT2D eigenvalue weighted by molar-refractivity contribution is -0.141. The summed E-state index contributed by atoms with van der Waals surface area (Å²) in [6, 6.07) is 13.6. The van der Waals surface area contributed by atoms with Crippen LogP contribution in [0.15, 0.2) is 60.7 Å². The maximum absolute atomic E-state index is 14.1. The summed E-state index contributed by atoms with van der Waals surface area (Å²) in [7, 11) is 0. The first kappa shape index (κ1) is 26.4. The molecule has 3 aliphatic heterocycles. The van der Waals surface area contributed by atoms with Crippen LogP contribution in [0.5, 0.6) is 0 Å². The van der Waals surface area contributed by atoms with E-state index >= 15 is 0 Å². The number of likely N-dealkylation sites (tertiary alicyclic amines) is 1. The lowest BCUT2D eigenvalue weighted by Crippen LogP contribution is -2.56. The topological polar surface area (TPSA) is 87.7 Å². The Balaban J connectivity index is 1.30. The molecule has 3 amide bonds. The van der Waals surface area contributed by atoms with Crippen molar-refractivity contribution in [2.45, 2.75) is 62.3 Å². The molecule has 39 heavy (non-hydrogen) atoms. The SMILES string of the molecule is O=C(Nc1cccc(Cl)c1)[C@@H]1[C@@H]2C=C[C@]3(O2)[C@@H]1C(=O)N(CCc1ccccc1Cl)[C@@H]3C(=O)NC1CCCCC1. The van der Waals surface area contributed by atoms with E-state index in [-0.39, 0.29) is 30.3 Å². The maximum Gasteiger partial charge on any atom is 0.246 e. The number of carbonyl (C=O) groups is 3. The summed E-state index contributed by atoms with van der Waals surface area (Å²) in [6.45, 7) is 0.286. The first-order valence-corrected chi connectivity index (χ1v) is 14.4. The number of hydrogen-bond acceptors (Lipinski definition) is 4. The fourth-order valence-corrected chi connectivity index (χ4v) is 7.19. The van der Waals surface area contributed by atoms with Gasteiger partial charge in [-0.3, -0.25) is 14.4 Å². The van der Waals surface area contributed by atoms with Crippen LogP contribution in [0.3, 0.4) is 0 Å². The van der Waals surface area contributed by atoms with Crippen LogP contribution in [0.25, 0.3) is 0 Å². The summed E-state index contributed by atoms with van der Waals surface area (Å²) in [5, 5.41) is 7.22. The van der Waals surface area contributed by atoms with Gasteiger partial charge in [-0.15, -0.1) is 0 Å². The van der Waals surface area contributed by atoms with Gasteiger partial charge in [0.05, 0.1) is 17.9 Å². The summed E-state index contributed by atoms with van der Waals surface area (Å²) >= 11 is 12.5. The van der Waals surface area contributed by atoms with Gasteiger partial charge in [0, 0.05) is 28.3 Å². The Morgan fingerprint density at radius 1 is 1.03 bits per heavy atom. The van der Waals surface area contributed by atoms with Gasteiger partial charge in [0.2, 0.25) is 17.7 Å². The van der Waals surface area contributed by atoms with Crippen LogP contribution in [0.2, 0.25) is 10.0 Å². The second kappa shape index (κ2) is 10.6. The van der Waals surface area contributed by atoms with E-state index in [4.69, 9.17) is 27.9 Å². The number of halogens is 2. The molecule has 204 valence electrons. The quantitative estimate of drug-likeness (QED) is 0.471. The zero-order valence-electron chi connectivity index (χ0n) is 21.4. The van der Waals surface area contributed by atoms with Crippen LogP contribution in [0.4, 0.5) is 5.69 Å². The molecule has 4 aliphatic rings. The summed E-state index contributed by atoms with van der Waals surface area (Å²) < 4.78 is 6.43. The van der Waals surface area contributed by atoms with Gasteiger partial charge in [-0.2, -0.15) is 0 Å². The molecule has 0 aromatic heterocycles. The Hall–Kier alpha value is -2.87. The van der Waals surface area contributed by atoms with E-state index in [0.29, 0.717) is 22.2 Å². The van der Waals surface area contributed by atoms with Crippen LogP contribution >= 0.6 is 23.2 Å². The highest BCUT2D eigenvalue weighted by Crippen LogP contribution is 2.55. The van der Waals surface area contributed by atoms with Crippen LogP contribution in [0.1, 0.15) is 37.7 Å². The highest BCUT2D eigenvalue weighted by Gasteiger charge is 2.72. The fourth-order valence-electron chi connectivity index (χ4n) is 6.77. The lowest BCUT2D eigenvalue weighted by Gasteiger charge is -2.34. The van der Waals surface area contributed by atoms with Crippen LogP contribution in [-0.4, -0.2) is 53.0 Å². The number of rotatable bonds is 7. The van der Waals surface area contributed by atoms with Crippen molar-refractivity contribution in [3.8, 4) is 0 Å². The number of amides is 3. The lowest BCUT2D eigenvalue weighted by atomic mass is 9.74. The number of carbonyl (C=O) groups excluding carboxylic acids is 3. The zero-order chi connectivity index (χ0) is 27.1. The third kappa shape index (κ3) is 4.75. The molecule has 0 unspecified atom stereocenters. The van der Waals surface area contributed by atoms with Crippen molar-refractivity contribution in [2.24, 2.45) is 11.8 Å². The molecule has 1 spiro atoms. The Bertz CT molecular complexity index is 1330. The maximum atomic E-state index is 14.1.